The van der Waals surface area contributed by atoms with Crippen molar-refractivity contribution in [3.05, 3.63) is 53.7 Å². The zero-order valence-corrected chi connectivity index (χ0v) is 17.0. The maximum absolute atomic E-state index is 12.6. The summed E-state index contributed by atoms with van der Waals surface area (Å²) in [6.07, 6.45) is 0. The van der Waals surface area contributed by atoms with Gasteiger partial charge in [-0.1, -0.05) is 32.9 Å². The molecule has 1 amide bonds. The molecule has 1 aromatic heterocycles. The van der Waals surface area contributed by atoms with Gasteiger partial charge in [-0.3, -0.25) is 4.79 Å². The van der Waals surface area contributed by atoms with E-state index >= 15 is 0 Å². The molecule has 8 heteroatoms. The Morgan fingerprint density at radius 3 is 2.43 bits per heavy atom. The average molecular weight is 401 g/mol. The minimum absolute atomic E-state index is 0.00503. The summed E-state index contributed by atoms with van der Waals surface area (Å²) in [4.78, 5) is 15.5. The van der Waals surface area contributed by atoms with Gasteiger partial charge < -0.3 is 15.0 Å². The first-order valence-electron chi connectivity index (χ1n) is 8.64. The number of carbonyl (C=O) groups is 1. The van der Waals surface area contributed by atoms with E-state index in [0.29, 0.717) is 11.4 Å². The molecule has 4 N–H and O–H groups in total. The molecule has 0 unspecified atom stereocenters. The van der Waals surface area contributed by atoms with E-state index in [0.717, 1.165) is 16.5 Å². The highest BCUT2D eigenvalue weighted by Crippen LogP contribution is 2.28. The predicted molar refractivity (Wildman–Crippen MR) is 109 cm³/mol. The van der Waals surface area contributed by atoms with Crippen molar-refractivity contribution in [3.8, 4) is 5.75 Å². The predicted octanol–water partition coefficient (Wildman–Crippen LogP) is 3.37. The number of hydrogen-bond donors (Lipinski definition) is 3. The monoisotopic (exact) mass is 401 g/mol. The quantitative estimate of drug-likeness (QED) is 0.622. The molecule has 28 heavy (non-hydrogen) atoms. The van der Waals surface area contributed by atoms with Crippen LogP contribution in [-0.4, -0.2) is 26.4 Å². The number of rotatable bonds is 4. The van der Waals surface area contributed by atoms with Gasteiger partial charge in [-0.05, 0) is 41.3 Å². The van der Waals surface area contributed by atoms with Crippen LogP contribution in [0.25, 0.3) is 10.9 Å². The molecule has 0 radical (unpaired) electrons. The van der Waals surface area contributed by atoms with E-state index in [9.17, 15) is 13.2 Å². The Morgan fingerprint density at radius 1 is 1.11 bits per heavy atom. The van der Waals surface area contributed by atoms with Crippen LogP contribution in [0.2, 0.25) is 0 Å². The van der Waals surface area contributed by atoms with E-state index in [1.807, 2.05) is 18.2 Å². The molecule has 2 aromatic carbocycles. The van der Waals surface area contributed by atoms with Crippen LogP contribution in [0, 0.1) is 0 Å². The molecule has 0 aliphatic heterocycles. The topological polar surface area (TPSA) is 114 Å². The van der Waals surface area contributed by atoms with Crippen molar-refractivity contribution >= 4 is 32.5 Å². The van der Waals surface area contributed by atoms with Gasteiger partial charge >= 0.3 is 0 Å². The number of nitrogens with one attached hydrogen (secondary N) is 2. The lowest BCUT2D eigenvalue weighted by atomic mass is 9.87. The smallest absolute Gasteiger partial charge is 0.272 e. The van der Waals surface area contributed by atoms with E-state index in [1.165, 1.54) is 19.2 Å². The number of amides is 1. The van der Waals surface area contributed by atoms with E-state index in [1.54, 1.807) is 12.1 Å². The van der Waals surface area contributed by atoms with Gasteiger partial charge in [-0.15, -0.1) is 0 Å². The Balaban J connectivity index is 1.91. The van der Waals surface area contributed by atoms with Crippen molar-refractivity contribution in [2.75, 3.05) is 12.4 Å². The van der Waals surface area contributed by atoms with Gasteiger partial charge in [0.2, 0.25) is 10.0 Å². The highest BCUT2D eigenvalue weighted by molar-refractivity contribution is 7.89. The molecule has 148 valence electrons. The number of aromatic amines is 1. The van der Waals surface area contributed by atoms with Crippen molar-refractivity contribution in [2.24, 2.45) is 5.14 Å². The van der Waals surface area contributed by atoms with Crippen molar-refractivity contribution in [1.82, 2.24) is 4.98 Å². The van der Waals surface area contributed by atoms with E-state index < -0.39 is 10.0 Å². The molecule has 7 nitrogen and oxygen atoms in total. The fourth-order valence-electron chi connectivity index (χ4n) is 2.89. The van der Waals surface area contributed by atoms with E-state index in [-0.39, 0.29) is 22.0 Å². The molecule has 0 saturated carbocycles. The summed E-state index contributed by atoms with van der Waals surface area (Å²) in [7, 11) is -2.65. The second-order valence-corrected chi connectivity index (χ2v) is 9.13. The summed E-state index contributed by atoms with van der Waals surface area (Å²) in [5, 5.41) is 8.81. The molecule has 1 heterocycles. The maximum Gasteiger partial charge on any atom is 0.272 e. The standard InChI is InChI=1S/C20H23N3O4S/c1-20(2,3)13-6-5-12-9-16(23-15(12)10-13)19(24)22-14-7-8-17(27-4)18(11-14)28(21,25)26/h5-11,23H,1-4H3,(H,22,24)(H2,21,25,26). The Morgan fingerprint density at radius 2 is 1.82 bits per heavy atom. The van der Waals surface area contributed by atoms with Gasteiger partial charge in [-0.25, -0.2) is 13.6 Å². The lowest BCUT2D eigenvalue weighted by Crippen LogP contribution is -2.16. The van der Waals surface area contributed by atoms with Gasteiger partial charge in [0.15, 0.2) is 0 Å². The summed E-state index contributed by atoms with van der Waals surface area (Å²) in [6.45, 7) is 6.37. The molecule has 0 aliphatic carbocycles. The number of carbonyl (C=O) groups excluding carboxylic acids is 1. The third kappa shape index (κ3) is 4.02. The number of ether oxygens (including phenoxy) is 1. The molecule has 0 saturated heterocycles. The van der Waals surface area contributed by atoms with Crippen LogP contribution in [0.15, 0.2) is 47.4 Å². The Labute approximate surface area is 163 Å². The number of benzene rings is 2. The molecule has 0 fully saturated rings. The average Bonchev–Trinajstić information content (AvgIpc) is 3.03. The minimum Gasteiger partial charge on any atom is -0.495 e. The van der Waals surface area contributed by atoms with Gasteiger partial charge in [0.05, 0.1) is 7.11 Å². The van der Waals surface area contributed by atoms with Crippen molar-refractivity contribution in [1.29, 1.82) is 0 Å². The number of fused-ring (bicyclic) bond motifs is 1. The minimum atomic E-state index is -3.99. The molecule has 0 spiro atoms. The highest BCUT2D eigenvalue weighted by atomic mass is 32.2. The Hall–Kier alpha value is -2.84. The second-order valence-electron chi connectivity index (χ2n) is 7.60. The van der Waals surface area contributed by atoms with Crippen LogP contribution < -0.4 is 15.2 Å². The highest BCUT2D eigenvalue weighted by Gasteiger charge is 2.18. The Bertz CT molecular complexity index is 1160. The number of H-pyrrole nitrogens is 1. The summed E-state index contributed by atoms with van der Waals surface area (Å²) in [6, 6.07) is 12.0. The first-order chi connectivity index (χ1) is 13.0. The van der Waals surface area contributed by atoms with Crippen LogP contribution in [0.4, 0.5) is 5.69 Å². The summed E-state index contributed by atoms with van der Waals surface area (Å²) >= 11 is 0. The number of aromatic nitrogens is 1. The van der Waals surface area contributed by atoms with Crippen LogP contribution in [0.5, 0.6) is 5.75 Å². The fraction of sp³-hybridized carbons (Fsp3) is 0.250. The van der Waals surface area contributed by atoms with Crippen molar-refractivity contribution < 1.29 is 17.9 Å². The van der Waals surface area contributed by atoms with Crippen LogP contribution in [0.1, 0.15) is 36.8 Å². The molecule has 3 rings (SSSR count). The summed E-state index contributed by atoms with van der Waals surface area (Å²) < 4.78 is 28.5. The van der Waals surface area contributed by atoms with Crippen LogP contribution in [0.3, 0.4) is 0 Å². The zero-order valence-electron chi connectivity index (χ0n) is 16.2. The van der Waals surface area contributed by atoms with Crippen LogP contribution in [-0.2, 0) is 15.4 Å². The third-order valence-electron chi connectivity index (χ3n) is 4.46. The van der Waals surface area contributed by atoms with Crippen molar-refractivity contribution in [3.63, 3.8) is 0 Å². The SMILES string of the molecule is COc1ccc(NC(=O)c2cc3ccc(C(C)(C)C)cc3[nH]2)cc1S(N)(=O)=O. The third-order valence-corrected chi connectivity index (χ3v) is 5.39. The molecule has 0 atom stereocenters. The molecule has 0 aliphatic rings. The second kappa shape index (κ2) is 6.96. The maximum atomic E-state index is 12.6. The first-order valence-corrected chi connectivity index (χ1v) is 10.2. The molecule has 3 aromatic rings. The molecule has 0 bridgehead atoms. The number of nitrogens with two attached hydrogens (primary N) is 1. The zero-order chi connectivity index (χ0) is 20.7. The summed E-state index contributed by atoms with van der Waals surface area (Å²) in [5.74, 6) is -0.278. The summed E-state index contributed by atoms with van der Waals surface area (Å²) in [5.41, 5.74) is 2.67. The molecular weight excluding hydrogens is 378 g/mol. The normalized spacial score (nSPS) is 12.2. The van der Waals surface area contributed by atoms with Gasteiger partial charge in [0.25, 0.3) is 5.91 Å². The number of primary sulfonamides is 1. The largest absolute Gasteiger partial charge is 0.495 e. The number of sulfonamides is 1. The van der Waals surface area contributed by atoms with Gasteiger partial charge in [-0.2, -0.15) is 0 Å². The number of methoxy groups -OCH3 is 1. The first kappa shape index (κ1) is 19.9. The Kier molecular flexibility index (Phi) is 4.95. The lowest BCUT2D eigenvalue weighted by molar-refractivity contribution is 0.102. The van der Waals surface area contributed by atoms with E-state index in [4.69, 9.17) is 9.88 Å². The van der Waals surface area contributed by atoms with Crippen LogP contribution >= 0.6 is 0 Å². The fourth-order valence-corrected chi connectivity index (χ4v) is 3.61. The van der Waals surface area contributed by atoms with Gasteiger partial charge in [0.1, 0.15) is 16.3 Å². The van der Waals surface area contributed by atoms with Crippen molar-refractivity contribution in [2.45, 2.75) is 31.1 Å². The number of hydrogen-bond acceptors (Lipinski definition) is 4. The molecular formula is C20H23N3O4S. The van der Waals surface area contributed by atoms with Gasteiger partial charge in [0, 0.05) is 16.6 Å². The lowest BCUT2D eigenvalue weighted by Gasteiger charge is -2.18. The number of anilines is 1. The van der Waals surface area contributed by atoms with E-state index in [2.05, 4.69) is 31.1 Å².